The van der Waals surface area contributed by atoms with Crippen molar-refractivity contribution in [2.24, 2.45) is 7.05 Å². The second-order valence-corrected chi connectivity index (χ2v) is 4.85. The van der Waals surface area contributed by atoms with E-state index in [-0.39, 0.29) is 12.2 Å². The smallest absolute Gasteiger partial charge is 0.187 e. The summed E-state index contributed by atoms with van der Waals surface area (Å²) in [4.78, 5) is 16.6. The molecular weight excluding hydrogens is 250 g/mol. The lowest BCUT2D eigenvalue weighted by molar-refractivity contribution is 0.0987. The highest BCUT2D eigenvalue weighted by atomic mass is 16.1. The van der Waals surface area contributed by atoms with Crippen LogP contribution in [0.25, 0.3) is 10.9 Å². The normalized spacial score (nSPS) is 10.9. The zero-order valence-electron chi connectivity index (χ0n) is 11.5. The standard InChI is InChI=1S/C16H15N3O/c1-11-6-5-8-13(17-11)16(20)10-14-12-7-3-4-9-15(12)19(2)18-14/h3-9H,10H2,1-2H3. The van der Waals surface area contributed by atoms with Gasteiger partial charge in [0.15, 0.2) is 5.78 Å². The lowest BCUT2D eigenvalue weighted by atomic mass is 10.1. The molecule has 0 saturated carbocycles. The van der Waals surface area contributed by atoms with Crippen LogP contribution in [0.15, 0.2) is 42.5 Å². The number of nitrogens with zero attached hydrogens (tertiary/aromatic N) is 3. The van der Waals surface area contributed by atoms with E-state index in [1.165, 1.54) is 0 Å². The summed E-state index contributed by atoms with van der Waals surface area (Å²) in [5.41, 5.74) is 3.19. The van der Waals surface area contributed by atoms with E-state index in [2.05, 4.69) is 10.1 Å². The second kappa shape index (κ2) is 4.89. The van der Waals surface area contributed by atoms with E-state index >= 15 is 0 Å². The molecule has 3 aromatic rings. The first-order valence-corrected chi connectivity index (χ1v) is 6.52. The molecule has 4 nitrogen and oxygen atoms in total. The number of aryl methyl sites for hydroxylation is 2. The van der Waals surface area contributed by atoms with Gasteiger partial charge in [0, 0.05) is 18.1 Å². The number of ketones is 1. The summed E-state index contributed by atoms with van der Waals surface area (Å²) in [6.07, 6.45) is 0.276. The van der Waals surface area contributed by atoms with E-state index in [9.17, 15) is 4.79 Å². The SMILES string of the molecule is Cc1cccc(C(=O)Cc2nn(C)c3ccccc23)n1. The van der Waals surface area contributed by atoms with E-state index in [1.807, 2.05) is 55.1 Å². The van der Waals surface area contributed by atoms with Crippen molar-refractivity contribution in [3.63, 3.8) is 0 Å². The fourth-order valence-electron chi connectivity index (χ4n) is 2.36. The van der Waals surface area contributed by atoms with Gasteiger partial charge in [0.2, 0.25) is 0 Å². The molecule has 0 unspecified atom stereocenters. The summed E-state index contributed by atoms with van der Waals surface area (Å²) < 4.78 is 1.81. The van der Waals surface area contributed by atoms with Crippen molar-refractivity contribution in [2.75, 3.05) is 0 Å². The van der Waals surface area contributed by atoms with Gasteiger partial charge < -0.3 is 0 Å². The van der Waals surface area contributed by atoms with Gasteiger partial charge in [-0.3, -0.25) is 14.5 Å². The third kappa shape index (κ3) is 2.20. The van der Waals surface area contributed by atoms with Gasteiger partial charge in [0.1, 0.15) is 5.69 Å². The molecule has 3 rings (SSSR count). The Morgan fingerprint density at radius 3 is 2.75 bits per heavy atom. The second-order valence-electron chi connectivity index (χ2n) is 4.85. The number of carbonyl (C=O) groups is 1. The summed E-state index contributed by atoms with van der Waals surface area (Å²) >= 11 is 0. The van der Waals surface area contributed by atoms with Gasteiger partial charge in [0.05, 0.1) is 17.6 Å². The Hall–Kier alpha value is -2.49. The van der Waals surface area contributed by atoms with Crippen molar-refractivity contribution in [2.45, 2.75) is 13.3 Å². The minimum Gasteiger partial charge on any atom is -0.292 e. The Morgan fingerprint density at radius 1 is 1.15 bits per heavy atom. The molecule has 4 heteroatoms. The third-order valence-corrected chi connectivity index (χ3v) is 3.34. The number of fused-ring (bicyclic) bond motifs is 1. The Labute approximate surface area is 117 Å². The van der Waals surface area contributed by atoms with Gasteiger partial charge in [-0.05, 0) is 25.1 Å². The van der Waals surface area contributed by atoms with Crippen LogP contribution in [0.5, 0.6) is 0 Å². The first-order valence-electron chi connectivity index (χ1n) is 6.52. The maximum atomic E-state index is 12.3. The topological polar surface area (TPSA) is 47.8 Å². The predicted molar refractivity (Wildman–Crippen MR) is 77.7 cm³/mol. The monoisotopic (exact) mass is 265 g/mol. The van der Waals surface area contributed by atoms with Crippen molar-refractivity contribution in [1.29, 1.82) is 0 Å². The van der Waals surface area contributed by atoms with Crippen LogP contribution in [0.4, 0.5) is 0 Å². The molecule has 0 radical (unpaired) electrons. The average molecular weight is 265 g/mol. The zero-order chi connectivity index (χ0) is 14.1. The van der Waals surface area contributed by atoms with E-state index in [4.69, 9.17) is 0 Å². The molecule has 0 aliphatic heterocycles. The van der Waals surface area contributed by atoms with Crippen molar-refractivity contribution < 1.29 is 4.79 Å². The van der Waals surface area contributed by atoms with Gasteiger partial charge in [-0.2, -0.15) is 5.10 Å². The Kier molecular flexibility index (Phi) is 3.06. The molecule has 2 heterocycles. The number of para-hydroxylation sites is 1. The Morgan fingerprint density at radius 2 is 1.95 bits per heavy atom. The summed E-state index contributed by atoms with van der Waals surface area (Å²) in [5, 5.41) is 5.47. The van der Waals surface area contributed by atoms with Crippen LogP contribution in [-0.2, 0) is 13.5 Å². The molecular formula is C16H15N3O. The van der Waals surface area contributed by atoms with Gasteiger partial charge in [-0.25, -0.2) is 0 Å². The zero-order valence-corrected chi connectivity index (χ0v) is 11.5. The highest BCUT2D eigenvalue weighted by molar-refractivity contribution is 5.98. The number of benzene rings is 1. The van der Waals surface area contributed by atoms with Crippen molar-refractivity contribution in [1.82, 2.24) is 14.8 Å². The molecule has 2 aromatic heterocycles. The lowest BCUT2D eigenvalue weighted by Gasteiger charge is -2.00. The van der Waals surface area contributed by atoms with Crippen molar-refractivity contribution in [3.8, 4) is 0 Å². The predicted octanol–water partition coefficient (Wildman–Crippen LogP) is 2.70. The Balaban J connectivity index is 1.95. The number of aromatic nitrogens is 3. The van der Waals surface area contributed by atoms with Crippen LogP contribution in [0, 0.1) is 6.92 Å². The molecule has 0 spiro atoms. The highest BCUT2D eigenvalue weighted by Crippen LogP contribution is 2.18. The minimum absolute atomic E-state index is 0.00227. The van der Waals surface area contributed by atoms with Crippen LogP contribution in [0.3, 0.4) is 0 Å². The molecule has 0 aliphatic carbocycles. The van der Waals surface area contributed by atoms with Crippen LogP contribution in [0.1, 0.15) is 21.9 Å². The van der Waals surface area contributed by atoms with Gasteiger partial charge in [-0.15, -0.1) is 0 Å². The van der Waals surface area contributed by atoms with Gasteiger partial charge >= 0.3 is 0 Å². The van der Waals surface area contributed by atoms with Gasteiger partial charge in [-0.1, -0.05) is 24.3 Å². The molecule has 0 atom stereocenters. The first-order chi connectivity index (χ1) is 9.65. The van der Waals surface area contributed by atoms with Crippen molar-refractivity contribution >= 4 is 16.7 Å². The molecule has 0 N–H and O–H groups in total. The number of carbonyl (C=O) groups excluding carboxylic acids is 1. The third-order valence-electron chi connectivity index (χ3n) is 3.34. The minimum atomic E-state index is -0.00227. The first kappa shape index (κ1) is 12.5. The summed E-state index contributed by atoms with van der Waals surface area (Å²) in [6, 6.07) is 13.4. The average Bonchev–Trinajstić information content (AvgIpc) is 2.76. The van der Waals surface area contributed by atoms with E-state index in [1.54, 1.807) is 6.07 Å². The van der Waals surface area contributed by atoms with E-state index in [0.29, 0.717) is 5.69 Å². The molecule has 0 aliphatic rings. The molecule has 100 valence electrons. The fraction of sp³-hybridized carbons (Fsp3) is 0.188. The number of Topliss-reactive ketones (excluding diaryl/α,β-unsaturated/α-hetero) is 1. The maximum Gasteiger partial charge on any atom is 0.187 e. The Bertz CT molecular complexity index is 789. The van der Waals surface area contributed by atoms with E-state index in [0.717, 1.165) is 22.3 Å². The number of hydrogen-bond acceptors (Lipinski definition) is 3. The molecule has 1 aromatic carbocycles. The molecule has 0 fully saturated rings. The molecule has 0 bridgehead atoms. The fourth-order valence-corrected chi connectivity index (χ4v) is 2.36. The molecule has 0 amide bonds. The summed E-state index contributed by atoms with van der Waals surface area (Å²) in [7, 11) is 1.89. The molecule has 20 heavy (non-hydrogen) atoms. The van der Waals surface area contributed by atoms with Crippen LogP contribution < -0.4 is 0 Å². The van der Waals surface area contributed by atoms with E-state index < -0.39 is 0 Å². The van der Waals surface area contributed by atoms with Crippen LogP contribution in [0.2, 0.25) is 0 Å². The largest absolute Gasteiger partial charge is 0.292 e. The van der Waals surface area contributed by atoms with Crippen LogP contribution >= 0.6 is 0 Å². The summed E-state index contributed by atoms with van der Waals surface area (Å²) in [6.45, 7) is 1.88. The van der Waals surface area contributed by atoms with Crippen molar-refractivity contribution in [3.05, 3.63) is 59.5 Å². The van der Waals surface area contributed by atoms with Gasteiger partial charge in [0.25, 0.3) is 0 Å². The quantitative estimate of drug-likeness (QED) is 0.684. The number of hydrogen-bond donors (Lipinski definition) is 0. The number of pyridine rings is 1. The molecule has 0 saturated heterocycles. The number of rotatable bonds is 3. The maximum absolute atomic E-state index is 12.3. The van der Waals surface area contributed by atoms with Crippen LogP contribution in [-0.4, -0.2) is 20.5 Å². The highest BCUT2D eigenvalue weighted by Gasteiger charge is 2.14. The summed E-state index contributed by atoms with van der Waals surface area (Å²) in [5.74, 6) is -0.00227. The lowest BCUT2D eigenvalue weighted by Crippen LogP contribution is -2.07.